The van der Waals surface area contributed by atoms with Gasteiger partial charge in [0.2, 0.25) is 0 Å². The number of hydrogen-bond donors (Lipinski definition) is 2. The van der Waals surface area contributed by atoms with Gasteiger partial charge in [0.05, 0.1) is 11.1 Å². The molecule has 2 amide bonds. The number of halogens is 2. The van der Waals surface area contributed by atoms with Crippen molar-refractivity contribution in [2.75, 3.05) is 5.32 Å². The molecule has 0 spiro atoms. The van der Waals surface area contributed by atoms with Gasteiger partial charge in [-0.05, 0) is 42.8 Å². The minimum absolute atomic E-state index is 0.0371. The van der Waals surface area contributed by atoms with E-state index in [9.17, 15) is 9.18 Å². The number of carbonyl (C=O) groups is 1. The molecular formula is C14H13ClFN3O. The average Bonchev–Trinajstić information content (AvgIpc) is 2.44. The number of rotatable bonds is 3. The Hall–Kier alpha value is -2.14. The van der Waals surface area contributed by atoms with Crippen LogP contribution in [0.25, 0.3) is 0 Å². The number of nitrogens with one attached hydrogen (secondary N) is 2. The molecule has 2 aromatic rings. The second kappa shape index (κ2) is 6.34. The van der Waals surface area contributed by atoms with E-state index < -0.39 is 11.8 Å². The van der Waals surface area contributed by atoms with Crippen molar-refractivity contribution in [3.05, 3.63) is 59.1 Å². The topological polar surface area (TPSA) is 54.0 Å². The molecule has 0 saturated carbocycles. The highest BCUT2D eigenvalue weighted by molar-refractivity contribution is 6.31. The maximum atomic E-state index is 13.0. The zero-order chi connectivity index (χ0) is 14.5. The quantitative estimate of drug-likeness (QED) is 0.905. The SMILES string of the molecule is C[C@H](NC(=O)Nc1ccc(F)c(Cl)c1)c1ccncc1. The van der Waals surface area contributed by atoms with Crippen molar-refractivity contribution in [3.63, 3.8) is 0 Å². The Morgan fingerprint density at radius 1 is 1.30 bits per heavy atom. The van der Waals surface area contributed by atoms with E-state index >= 15 is 0 Å². The maximum Gasteiger partial charge on any atom is 0.319 e. The summed E-state index contributed by atoms with van der Waals surface area (Å²) in [5.41, 5.74) is 1.36. The zero-order valence-corrected chi connectivity index (χ0v) is 11.5. The molecular weight excluding hydrogens is 281 g/mol. The first kappa shape index (κ1) is 14.3. The number of nitrogens with zero attached hydrogens (tertiary/aromatic N) is 1. The molecule has 0 radical (unpaired) electrons. The largest absolute Gasteiger partial charge is 0.331 e. The zero-order valence-electron chi connectivity index (χ0n) is 10.7. The van der Waals surface area contributed by atoms with E-state index in [-0.39, 0.29) is 11.1 Å². The van der Waals surface area contributed by atoms with Crippen LogP contribution >= 0.6 is 11.6 Å². The fraction of sp³-hybridized carbons (Fsp3) is 0.143. The smallest absolute Gasteiger partial charge is 0.319 e. The van der Waals surface area contributed by atoms with Gasteiger partial charge in [0, 0.05) is 18.1 Å². The van der Waals surface area contributed by atoms with Gasteiger partial charge in [-0.1, -0.05) is 11.6 Å². The highest BCUT2D eigenvalue weighted by atomic mass is 35.5. The first-order valence-electron chi connectivity index (χ1n) is 5.99. The molecule has 0 saturated heterocycles. The molecule has 0 unspecified atom stereocenters. The van der Waals surface area contributed by atoms with Crippen LogP contribution in [-0.4, -0.2) is 11.0 Å². The third kappa shape index (κ3) is 3.68. The van der Waals surface area contributed by atoms with Crippen LogP contribution in [0.4, 0.5) is 14.9 Å². The van der Waals surface area contributed by atoms with E-state index in [0.29, 0.717) is 5.69 Å². The molecule has 4 nitrogen and oxygen atoms in total. The van der Waals surface area contributed by atoms with Crippen molar-refractivity contribution in [1.82, 2.24) is 10.3 Å². The van der Waals surface area contributed by atoms with Gasteiger partial charge in [-0.2, -0.15) is 0 Å². The summed E-state index contributed by atoms with van der Waals surface area (Å²) in [6.45, 7) is 1.85. The van der Waals surface area contributed by atoms with Gasteiger partial charge in [-0.25, -0.2) is 9.18 Å². The molecule has 6 heteroatoms. The van der Waals surface area contributed by atoms with Gasteiger partial charge in [0.25, 0.3) is 0 Å². The monoisotopic (exact) mass is 293 g/mol. The molecule has 0 aliphatic heterocycles. The van der Waals surface area contributed by atoms with Crippen LogP contribution in [0.15, 0.2) is 42.7 Å². The summed E-state index contributed by atoms with van der Waals surface area (Å²) in [7, 11) is 0. The van der Waals surface area contributed by atoms with Gasteiger partial charge in [-0.3, -0.25) is 4.98 Å². The summed E-state index contributed by atoms with van der Waals surface area (Å²) in [6, 6.07) is 7.07. The summed E-state index contributed by atoms with van der Waals surface area (Å²) in [5.74, 6) is -0.525. The van der Waals surface area contributed by atoms with Crippen LogP contribution in [0.2, 0.25) is 5.02 Å². The molecule has 1 heterocycles. The van der Waals surface area contributed by atoms with Crippen molar-refractivity contribution < 1.29 is 9.18 Å². The molecule has 1 aromatic carbocycles. The van der Waals surface area contributed by atoms with E-state index in [1.165, 1.54) is 18.2 Å². The van der Waals surface area contributed by atoms with Crippen LogP contribution < -0.4 is 10.6 Å². The summed E-state index contributed by atoms with van der Waals surface area (Å²) in [4.78, 5) is 15.7. The number of aromatic nitrogens is 1. The lowest BCUT2D eigenvalue weighted by molar-refractivity contribution is 0.249. The number of hydrogen-bond acceptors (Lipinski definition) is 2. The second-order valence-corrected chi connectivity index (χ2v) is 4.64. The summed E-state index contributed by atoms with van der Waals surface area (Å²) >= 11 is 5.65. The van der Waals surface area contributed by atoms with Gasteiger partial charge in [-0.15, -0.1) is 0 Å². The predicted octanol–water partition coefficient (Wildman–Crippen LogP) is 3.76. The van der Waals surface area contributed by atoms with Crippen molar-refractivity contribution in [1.29, 1.82) is 0 Å². The summed E-state index contributed by atoms with van der Waals surface area (Å²) in [5, 5.41) is 5.32. The number of pyridine rings is 1. The highest BCUT2D eigenvalue weighted by Gasteiger charge is 2.10. The molecule has 104 valence electrons. The first-order valence-corrected chi connectivity index (χ1v) is 6.36. The van der Waals surface area contributed by atoms with E-state index in [2.05, 4.69) is 15.6 Å². The fourth-order valence-corrected chi connectivity index (χ4v) is 1.85. The Kier molecular flexibility index (Phi) is 4.53. The number of benzene rings is 1. The minimum Gasteiger partial charge on any atom is -0.331 e. The molecule has 20 heavy (non-hydrogen) atoms. The van der Waals surface area contributed by atoms with Gasteiger partial charge in [0.15, 0.2) is 0 Å². The minimum atomic E-state index is -0.525. The van der Waals surface area contributed by atoms with E-state index in [1.54, 1.807) is 12.4 Å². The Morgan fingerprint density at radius 2 is 2.00 bits per heavy atom. The Bertz CT molecular complexity index is 607. The normalized spacial score (nSPS) is 11.8. The van der Waals surface area contributed by atoms with Gasteiger partial charge in [0.1, 0.15) is 5.82 Å². The van der Waals surface area contributed by atoms with Crippen LogP contribution in [-0.2, 0) is 0 Å². The molecule has 1 aromatic heterocycles. The lowest BCUT2D eigenvalue weighted by atomic mass is 10.1. The lowest BCUT2D eigenvalue weighted by Crippen LogP contribution is -2.31. The molecule has 0 bridgehead atoms. The van der Waals surface area contributed by atoms with Crippen molar-refractivity contribution in [2.24, 2.45) is 0 Å². The first-order chi connectivity index (χ1) is 9.56. The Balaban J connectivity index is 1.97. The average molecular weight is 294 g/mol. The number of amides is 2. The Labute approximate surface area is 121 Å². The van der Waals surface area contributed by atoms with E-state index in [4.69, 9.17) is 11.6 Å². The molecule has 0 aliphatic carbocycles. The van der Waals surface area contributed by atoms with Crippen LogP contribution in [0, 0.1) is 5.82 Å². The maximum absolute atomic E-state index is 13.0. The number of anilines is 1. The van der Waals surface area contributed by atoms with E-state index in [1.807, 2.05) is 19.1 Å². The van der Waals surface area contributed by atoms with Gasteiger partial charge < -0.3 is 10.6 Å². The van der Waals surface area contributed by atoms with Crippen LogP contribution in [0.3, 0.4) is 0 Å². The molecule has 2 N–H and O–H groups in total. The van der Waals surface area contributed by atoms with Crippen LogP contribution in [0.5, 0.6) is 0 Å². The second-order valence-electron chi connectivity index (χ2n) is 4.23. The molecule has 0 fully saturated rings. The number of urea groups is 1. The summed E-state index contributed by atoms with van der Waals surface area (Å²) in [6.07, 6.45) is 3.32. The third-order valence-corrected chi connectivity index (χ3v) is 3.02. The molecule has 0 aliphatic rings. The highest BCUT2D eigenvalue weighted by Crippen LogP contribution is 2.19. The van der Waals surface area contributed by atoms with Crippen molar-refractivity contribution in [3.8, 4) is 0 Å². The van der Waals surface area contributed by atoms with Gasteiger partial charge >= 0.3 is 6.03 Å². The van der Waals surface area contributed by atoms with Crippen molar-refractivity contribution >= 4 is 23.3 Å². The fourth-order valence-electron chi connectivity index (χ4n) is 1.67. The van der Waals surface area contributed by atoms with Crippen molar-refractivity contribution in [2.45, 2.75) is 13.0 Å². The number of carbonyl (C=O) groups excluding carboxylic acids is 1. The Morgan fingerprint density at radius 3 is 2.65 bits per heavy atom. The predicted molar refractivity (Wildman–Crippen MR) is 76.2 cm³/mol. The third-order valence-electron chi connectivity index (χ3n) is 2.73. The van der Waals surface area contributed by atoms with E-state index in [0.717, 1.165) is 5.56 Å². The lowest BCUT2D eigenvalue weighted by Gasteiger charge is -2.15. The molecule has 1 atom stereocenters. The van der Waals surface area contributed by atoms with Crippen LogP contribution in [0.1, 0.15) is 18.5 Å². The standard InChI is InChI=1S/C14H13ClFN3O/c1-9(10-4-6-17-7-5-10)18-14(20)19-11-2-3-13(16)12(15)8-11/h2-9H,1H3,(H2,18,19,20)/t9-/m0/s1. The molecule has 2 rings (SSSR count). The summed E-state index contributed by atoms with van der Waals surface area (Å²) < 4.78 is 13.0.